The zero-order valence-electron chi connectivity index (χ0n) is 21.5. The van der Waals surface area contributed by atoms with Crippen LogP contribution in [0.25, 0.3) is 22.3 Å². The maximum absolute atomic E-state index is 13.1. The van der Waals surface area contributed by atoms with Gasteiger partial charge in [-0.1, -0.05) is 0 Å². The van der Waals surface area contributed by atoms with E-state index in [1.807, 2.05) is 0 Å². The van der Waals surface area contributed by atoms with Crippen molar-refractivity contribution in [1.82, 2.24) is 0 Å². The summed E-state index contributed by atoms with van der Waals surface area (Å²) in [5, 5.41) is 93.0. The van der Waals surface area contributed by atoms with Crippen molar-refractivity contribution in [3.63, 3.8) is 0 Å². The predicted octanol–water partition coefficient (Wildman–Crippen LogP) is -1.06. The molecule has 1 aromatic heterocycles. The van der Waals surface area contributed by atoms with Gasteiger partial charge in [-0.2, -0.15) is 0 Å². The van der Waals surface area contributed by atoms with Crippen molar-refractivity contribution < 1.29 is 64.6 Å². The quantitative estimate of drug-likeness (QED) is 0.175. The average molecular weight is 579 g/mol. The molecule has 0 aliphatic carbocycles. The third-order valence-electron chi connectivity index (χ3n) is 7.40. The summed E-state index contributed by atoms with van der Waals surface area (Å²) in [6, 6.07) is 7.53. The van der Waals surface area contributed by atoms with Gasteiger partial charge in [-0.25, -0.2) is 0 Å². The third-order valence-corrected chi connectivity index (χ3v) is 7.40. The molecule has 0 radical (unpaired) electrons. The minimum Gasteiger partial charge on any atom is -0.508 e. The highest BCUT2D eigenvalue weighted by atomic mass is 16.7. The molecule has 5 rings (SSSR count). The Bertz CT molecular complexity index is 1460. The first-order valence-corrected chi connectivity index (χ1v) is 12.7. The molecule has 14 nitrogen and oxygen atoms in total. The summed E-state index contributed by atoms with van der Waals surface area (Å²) < 4.78 is 23.0. The molecule has 0 bridgehead atoms. The van der Waals surface area contributed by atoms with Crippen LogP contribution in [0.1, 0.15) is 18.6 Å². The SMILES string of the molecule is C[C@H]1O[C@@H](O[C@@H]2[C@@H](O)[C@H](O)[C@@H](CO)O[C@H]2c2c(O)cc(O)c3c(=O)cc(-c4ccc(O)cc4)oc23)[C@H](O)[C@H](O)[C@H]1O. The topological polar surface area (TPSA) is 240 Å². The van der Waals surface area contributed by atoms with Gasteiger partial charge in [0.15, 0.2) is 17.3 Å². The molecule has 0 amide bonds. The zero-order valence-corrected chi connectivity index (χ0v) is 21.5. The minimum atomic E-state index is -1.85. The van der Waals surface area contributed by atoms with Gasteiger partial charge in [0.25, 0.3) is 0 Å². The van der Waals surface area contributed by atoms with Crippen LogP contribution in [0.15, 0.2) is 45.6 Å². The van der Waals surface area contributed by atoms with Gasteiger partial charge in [-0.05, 0) is 31.2 Å². The average Bonchev–Trinajstić information content (AvgIpc) is 2.93. The molecular weight excluding hydrogens is 548 g/mol. The molecular formula is C27H30O14. The van der Waals surface area contributed by atoms with E-state index in [1.54, 1.807) is 0 Å². The van der Waals surface area contributed by atoms with E-state index in [0.717, 1.165) is 12.1 Å². The molecule has 2 aliphatic rings. The van der Waals surface area contributed by atoms with Crippen molar-refractivity contribution in [3.8, 4) is 28.6 Å². The van der Waals surface area contributed by atoms with Crippen LogP contribution in [0.4, 0.5) is 0 Å². The third kappa shape index (κ3) is 5.14. The van der Waals surface area contributed by atoms with Crippen LogP contribution < -0.4 is 5.43 Å². The largest absolute Gasteiger partial charge is 0.508 e. The fourth-order valence-electron chi connectivity index (χ4n) is 5.12. The van der Waals surface area contributed by atoms with E-state index >= 15 is 0 Å². The summed E-state index contributed by atoms with van der Waals surface area (Å²) in [6.07, 6.45) is -16.0. The van der Waals surface area contributed by atoms with Crippen LogP contribution >= 0.6 is 0 Å². The lowest BCUT2D eigenvalue weighted by Gasteiger charge is -2.46. The van der Waals surface area contributed by atoms with Gasteiger partial charge in [0.1, 0.15) is 77.2 Å². The van der Waals surface area contributed by atoms with Crippen molar-refractivity contribution in [1.29, 1.82) is 0 Å². The number of fused-ring (bicyclic) bond motifs is 1. The molecule has 0 unspecified atom stereocenters. The van der Waals surface area contributed by atoms with E-state index in [0.29, 0.717) is 5.56 Å². The summed E-state index contributed by atoms with van der Waals surface area (Å²) in [5.74, 6) is -1.39. The number of ether oxygens (including phenoxy) is 3. The molecule has 0 spiro atoms. The number of aliphatic hydroxyl groups is 6. The Morgan fingerprint density at radius 1 is 0.829 bits per heavy atom. The number of phenolic OH excluding ortho intramolecular Hbond substituents is 3. The van der Waals surface area contributed by atoms with E-state index in [-0.39, 0.29) is 28.0 Å². The van der Waals surface area contributed by atoms with Crippen molar-refractivity contribution in [2.24, 2.45) is 0 Å². The van der Waals surface area contributed by atoms with Gasteiger partial charge in [0, 0.05) is 17.7 Å². The summed E-state index contributed by atoms with van der Waals surface area (Å²) in [5.41, 5.74) is -1.08. The monoisotopic (exact) mass is 578 g/mol. The second-order valence-corrected chi connectivity index (χ2v) is 10.1. The van der Waals surface area contributed by atoms with E-state index in [2.05, 4.69) is 0 Å². The van der Waals surface area contributed by atoms with Crippen molar-refractivity contribution in [2.45, 2.75) is 68.1 Å². The fraction of sp³-hybridized carbons (Fsp3) is 0.444. The van der Waals surface area contributed by atoms with E-state index < -0.39 is 84.8 Å². The van der Waals surface area contributed by atoms with Gasteiger partial charge >= 0.3 is 0 Å². The number of hydrogen-bond acceptors (Lipinski definition) is 14. The fourth-order valence-corrected chi connectivity index (χ4v) is 5.12. The van der Waals surface area contributed by atoms with Gasteiger partial charge in [0.2, 0.25) is 0 Å². The Hall–Kier alpha value is -3.31. The van der Waals surface area contributed by atoms with Crippen LogP contribution in [-0.2, 0) is 14.2 Å². The molecule has 2 aliphatic heterocycles. The molecule has 2 fully saturated rings. The number of benzene rings is 2. The van der Waals surface area contributed by atoms with Crippen LogP contribution in [0, 0.1) is 0 Å². The molecule has 2 saturated heterocycles. The highest BCUT2D eigenvalue weighted by Crippen LogP contribution is 2.45. The second-order valence-electron chi connectivity index (χ2n) is 10.1. The van der Waals surface area contributed by atoms with E-state index in [4.69, 9.17) is 18.6 Å². The lowest BCUT2D eigenvalue weighted by Crippen LogP contribution is -2.61. The predicted molar refractivity (Wildman–Crippen MR) is 137 cm³/mol. The van der Waals surface area contributed by atoms with E-state index in [9.17, 15) is 50.8 Å². The molecule has 2 aromatic carbocycles. The molecule has 3 heterocycles. The molecule has 41 heavy (non-hydrogen) atoms. The lowest BCUT2D eigenvalue weighted by molar-refractivity contribution is -0.338. The zero-order chi connectivity index (χ0) is 29.7. The van der Waals surface area contributed by atoms with Crippen LogP contribution in [0.2, 0.25) is 0 Å². The highest BCUT2D eigenvalue weighted by Gasteiger charge is 2.51. The first-order chi connectivity index (χ1) is 19.4. The number of hydrogen-bond donors (Lipinski definition) is 9. The summed E-state index contributed by atoms with van der Waals surface area (Å²) in [6.45, 7) is 0.613. The van der Waals surface area contributed by atoms with Gasteiger partial charge in [-0.15, -0.1) is 0 Å². The first-order valence-electron chi connectivity index (χ1n) is 12.7. The molecule has 0 saturated carbocycles. The Kier molecular flexibility index (Phi) is 7.95. The molecule has 3 aromatic rings. The summed E-state index contributed by atoms with van der Waals surface area (Å²) in [7, 11) is 0. The first kappa shape index (κ1) is 29.2. The normalized spacial score (nSPS) is 34.1. The number of phenols is 3. The highest BCUT2D eigenvalue weighted by molar-refractivity contribution is 5.89. The molecule has 222 valence electrons. The molecule has 10 atom stereocenters. The van der Waals surface area contributed by atoms with Crippen molar-refractivity contribution in [2.75, 3.05) is 6.61 Å². The van der Waals surface area contributed by atoms with Crippen LogP contribution in [0.5, 0.6) is 17.2 Å². The number of aromatic hydroxyl groups is 3. The summed E-state index contributed by atoms with van der Waals surface area (Å²) in [4.78, 5) is 13.1. The lowest BCUT2D eigenvalue weighted by atomic mass is 9.89. The smallest absolute Gasteiger partial charge is 0.197 e. The second kappa shape index (κ2) is 11.2. The van der Waals surface area contributed by atoms with Crippen LogP contribution in [-0.4, -0.2) is 108 Å². The van der Waals surface area contributed by atoms with Gasteiger partial charge < -0.3 is 64.6 Å². The maximum atomic E-state index is 13.1. The standard InChI is InChI=1S/C27H30O14/c1-9-19(33)21(35)23(37)27(38-9)41-26-22(36)20(34)16(8-28)40-25(26)18-13(31)6-12(30)17-14(32)7-15(39-24(17)18)10-2-4-11(29)5-3-10/h2-7,9,16,19-23,25-31,33-37H,8H2,1H3/t9-,16-,19+,20-,21-,22+,23-,25+,26-,27+/m1/s1. The summed E-state index contributed by atoms with van der Waals surface area (Å²) >= 11 is 0. The maximum Gasteiger partial charge on any atom is 0.197 e. The minimum absolute atomic E-state index is 0.0294. The Morgan fingerprint density at radius 3 is 2.17 bits per heavy atom. The van der Waals surface area contributed by atoms with E-state index in [1.165, 1.54) is 31.2 Å². The Labute approximate surface area is 231 Å². The van der Waals surface area contributed by atoms with Crippen molar-refractivity contribution >= 4 is 11.0 Å². The van der Waals surface area contributed by atoms with Gasteiger partial charge in [0.05, 0.1) is 18.3 Å². The van der Waals surface area contributed by atoms with Crippen LogP contribution in [0.3, 0.4) is 0 Å². The molecule has 9 N–H and O–H groups in total. The number of aliphatic hydroxyl groups excluding tert-OH is 6. The Balaban J connectivity index is 1.67. The molecule has 14 heteroatoms. The number of rotatable bonds is 5. The van der Waals surface area contributed by atoms with Crippen molar-refractivity contribution in [3.05, 3.63) is 52.2 Å². The van der Waals surface area contributed by atoms with Gasteiger partial charge in [-0.3, -0.25) is 4.79 Å². The Morgan fingerprint density at radius 2 is 1.51 bits per heavy atom.